The predicted molar refractivity (Wildman–Crippen MR) is 122 cm³/mol. The van der Waals surface area contributed by atoms with E-state index in [4.69, 9.17) is 14.7 Å². The fourth-order valence-corrected chi connectivity index (χ4v) is 3.71. The van der Waals surface area contributed by atoms with Gasteiger partial charge in [-0.2, -0.15) is 5.26 Å². The molecular formula is C25H33N3O2. The fraction of sp³-hybridized carbons (Fsp3) is 0.440. The van der Waals surface area contributed by atoms with Crippen LogP contribution in [-0.2, 0) is 0 Å². The van der Waals surface area contributed by atoms with Gasteiger partial charge in [0, 0.05) is 13.1 Å². The molecule has 0 N–H and O–H groups in total. The van der Waals surface area contributed by atoms with Gasteiger partial charge in [0.15, 0.2) is 0 Å². The van der Waals surface area contributed by atoms with E-state index in [2.05, 4.69) is 37.6 Å². The second kappa shape index (κ2) is 11.3. The Labute approximate surface area is 181 Å². The molecule has 0 spiro atoms. The lowest BCUT2D eigenvalue weighted by molar-refractivity contribution is 0.234. The molecule has 0 radical (unpaired) electrons. The summed E-state index contributed by atoms with van der Waals surface area (Å²) in [4.78, 5) is 6.00. The molecule has 2 aromatic rings. The van der Waals surface area contributed by atoms with Crippen LogP contribution in [0, 0.1) is 29.7 Å². The number of amidine groups is 1. The van der Waals surface area contributed by atoms with Crippen molar-refractivity contribution < 1.29 is 9.47 Å². The minimum atomic E-state index is 0.187. The van der Waals surface area contributed by atoms with E-state index >= 15 is 0 Å². The number of nitrogens with zero attached hydrogens (tertiary/aromatic N) is 3. The molecular weight excluding hydrogens is 374 g/mol. The number of aryl methyl sites for hydroxylation is 1. The highest BCUT2D eigenvalue weighted by atomic mass is 16.5. The number of rotatable bonds is 2. The lowest BCUT2D eigenvalue weighted by atomic mass is 9.83. The molecule has 1 saturated heterocycles. The third-order valence-electron chi connectivity index (χ3n) is 5.04. The zero-order chi connectivity index (χ0) is 22.0. The topological polar surface area (TPSA) is 57.9 Å². The van der Waals surface area contributed by atoms with Crippen LogP contribution in [-0.4, -0.2) is 31.1 Å². The van der Waals surface area contributed by atoms with Crippen LogP contribution < -0.4 is 9.47 Å². The molecule has 0 saturated carbocycles. The van der Waals surface area contributed by atoms with Gasteiger partial charge in [-0.15, -0.1) is 4.99 Å². The number of hydrogen-bond donors (Lipinski definition) is 0. The van der Waals surface area contributed by atoms with Crippen LogP contribution in [0.1, 0.15) is 39.2 Å². The quantitative estimate of drug-likeness (QED) is 0.366. The Morgan fingerprint density at radius 1 is 1.10 bits per heavy atom. The van der Waals surface area contributed by atoms with Crippen molar-refractivity contribution in [1.82, 2.24) is 4.90 Å². The van der Waals surface area contributed by atoms with E-state index < -0.39 is 0 Å². The van der Waals surface area contributed by atoms with Crippen molar-refractivity contribution in [2.75, 3.05) is 20.2 Å². The predicted octanol–water partition coefficient (Wildman–Crippen LogP) is 5.66. The first-order valence-electron chi connectivity index (χ1n) is 10.4. The van der Waals surface area contributed by atoms with Crippen molar-refractivity contribution >= 4 is 6.02 Å². The summed E-state index contributed by atoms with van der Waals surface area (Å²) >= 11 is 0. The number of para-hydroxylation sites is 1. The van der Waals surface area contributed by atoms with E-state index in [0.717, 1.165) is 25.3 Å². The SMILES string of the molecule is CC1CCN(C(=NC#N)Oc2ccccc2)CC(C)(C)C1.COc1ccc(C)cc1. The van der Waals surface area contributed by atoms with Crippen LogP contribution in [0.2, 0.25) is 0 Å². The van der Waals surface area contributed by atoms with Crippen LogP contribution >= 0.6 is 0 Å². The summed E-state index contributed by atoms with van der Waals surface area (Å²) in [6, 6.07) is 17.9. The van der Waals surface area contributed by atoms with Gasteiger partial charge in [-0.25, -0.2) is 0 Å². The molecule has 2 aromatic carbocycles. The smallest absolute Gasteiger partial charge is 0.308 e. The Balaban J connectivity index is 0.000000297. The highest BCUT2D eigenvalue weighted by molar-refractivity contribution is 5.77. The van der Waals surface area contributed by atoms with E-state index in [1.54, 1.807) is 7.11 Å². The van der Waals surface area contributed by atoms with Crippen molar-refractivity contribution in [2.24, 2.45) is 16.3 Å². The lowest BCUT2D eigenvalue weighted by Crippen LogP contribution is -2.40. The second-order valence-electron chi connectivity index (χ2n) is 8.61. The average molecular weight is 408 g/mol. The third-order valence-corrected chi connectivity index (χ3v) is 5.04. The van der Waals surface area contributed by atoms with Gasteiger partial charge in [0.25, 0.3) is 0 Å². The van der Waals surface area contributed by atoms with Gasteiger partial charge in [0.2, 0.25) is 6.19 Å². The molecule has 5 nitrogen and oxygen atoms in total. The van der Waals surface area contributed by atoms with Gasteiger partial charge in [0.05, 0.1) is 7.11 Å². The number of likely N-dealkylation sites (tertiary alicyclic amines) is 1. The van der Waals surface area contributed by atoms with Gasteiger partial charge in [0.1, 0.15) is 11.5 Å². The first kappa shape index (κ1) is 23.3. The molecule has 0 aromatic heterocycles. The highest BCUT2D eigenvalue weighted by Crippen LogP contribution is 2.32. The third kappa shape index (κ3) is 7.79. The molecule has 0 aliphatic carbocycles. The second-order valence-corrected chi connectivity index (χ2v) is 8.61. The Kier molecular flexibility index (Phi) is 8.73. The van der Waals surface area contributed by atoms with Crippen LogP contribution in [0.3, 0.4) is 0 Å². The largest absolute Gasteiger partial charge is 0.497 e. The zero-order valence-corrected chi connectivity index (χ0v) is 18.8. The van der Waals surface area contributed by atoms with Crippen LogP contribution in [0.25, 0.3) is 0 Å². The monoisotopic (exact) mass is 407 g/mol. The summed E-state index contributed by atoms with van der Waals surface area (Å²) in [6.45, 7) is 10.6. The molecule has 1 heterocycles. The number of benzene rings is 2. The number of aliphatic imine (C=N–C) groups is 1. The normalized spacial score (nSPS) is 18.3. The summed E-state index contributed by atoms with van der Waals surface area (Å²) in [7, 11) is 1.67. The lowest BCUT2D eigenvalue weighted by Gasteiger charge is -2.30. The molecule has 1 unspecified atom stereocenters. The zero-order valence-electron chi connectivity index (χ0n) is 18.8. The molecule has 1 fully saturated rings. The van der Waals surface area contributed by atoms with E-state index in [0.29, 0.717) is 17.7 Å². The molecule has 0 bridgehead atoms. The van der Waals surface area contributed by atoms with Crippen molar-refractivity contribution in [1.29, 1.82) is 5.26 Å². The maximum absolute atomic E-state index is 8.95. The summed E-state index contributed by atoms with van der Waals surface area (Å²) < 4.78 is 10.8. The Hall–Kier alpha value is -3.00. The van der Waals surface area contributed by atoms with Gasteiger partial charge in [-0.05, 0) is 55.4 Å². The van der Waals surface area contributed by atoms with Crippen LogP contribution in [0.15, 0.2) is 59.6 Å². The molecule has 30 heavy (non-hydrogen) atoms. The summed E-state index contributed by atoms with van der Waals surface area (Å²) in [5.41, 5.74) is 1.45. The van der Waals surface area contributed by atoms with Gasteiger partial charge < -0.3 is 14.4 Å². The Morgan fingerprint density at radius 3 is 2.37 bits per heavy atom. The number of ether oxygens (including phenoxy) is 2. The summed E-state index contributed by atoms with van der Waals surface area (Å²) in [5.74, 6) is 2.30. The maximum Gasteiger partial charge on any atom is 0.308 e. The molecule has 5 heteroatoms. The van der Waals surface area contributed by atoms with Crippen molar-refractivity contribution in [3.63, 3.8) is 0 Å². The maximum atomic E-state index is 8.95. The van der Waals surface area contributed by atoms with Crippen molar-refractivity contribution in [2.45, 2.75) is 40.5 Å². The standard InChI is InChI=1S/C17H23N3O.C8H10O/c1-14-9-10-20(12-17(2,3)11-14)16(19-13-18)21-15-7-5-4-6-8-15;1-7-3-5-8(9-2)6-4-7/h4-8,14H,9-12H2,1-3H3;3-6H,1-2H3. The molecule has 160 valence electrons. The molecule has 1 atom stereocenters. The molecule has 0 amide bonds. The minimum Gasteiger partial charge on any atom is -0.497 e. The number of hydrogen-bond acceptors (Lipinski definition) is 4. The molecule has 3 rings (SSSR count). The average Bonchev–Trinajstić information content (AvgIpc) is 2.86. The fourth-order valence-electron chi connectivity index (χ4n) is 3.71. The van der Waals surface area contributed by atoms with E-state index in [1.807, 2.05) is 60.8 Å². The minimum absolute atomic E-state index is 0.187. The molecule has 1 aliphatic heterocycles. The van der Waals surface area contributed by atoms with Gasteiger partial charge in [-0.1, -0.05) is 56.7 Å². The van der Waals surface area contributed by atoms with Crippen molar-refractivity contribution in [3.8, 4) is 17.7 Å². The van der Waals surface area contributed by atoms with Crippen molar-refractivity contribution in [3.05, 3.63) is 60.2 Å². The summed E-state index contributed by atoms with van der Waals surface area (Å²) in [6.07, 6.45) is 4.13. The summed E-state index contributed by atoms with van der Waals surface area (Å²) in [5, 5.41) is 8.95. The highest BCUT2D eigenvalue weighted by Gasteiger charge is 2.30. The van der Waals surface area contributed by atoms with Crippen LogP contribution in [0.5, 0.6) is 11.5 Å². The van der Waals surface area contributed by atoms with Gasteiger partial charge >= 0.3 is 6.02 Å². The first-order valence-corrected chi connectivity index (χ1v) is 10.4. The van der Waals surface area contributed by atoms with E-state index in [-0.39, 0.29) is 5.41 Å². The number of methoxy groups -OCH3 is 1. The Morgan fingerprint density at radius 2 is 1.77 bits per heavy atom. The van der Waals surface area contributed by atoms with Gasteiger partial charge in [-0.3, -0.25) is 0 Å². The number of nitriles is 1. The van der Waals surface area contributed by atoms with E-state index in [9.17, 15) is 0 Å². The molecule has 1 aliphatic rings. The Bertz CT molecular complexity index is 839. The first-order chi connectivity index (χ1) is 14.3. The van der Waals surface area contributed by atoms with Crippen LogP contribution in [0.4, 0.5) is 0 Å². The van der Waals surface area contributed by atoms with E-state index in [1.165, 1.54) is 12.0 Å².